The highest BCUT2D eigenvalue weighted by Crippen LogP contribution is 2.32. The zero-order valence-corrected chi connectivity index (χ0v) is 19.1. The lowest BCUT2D eigenvalue weighted by atomic mass is 10.1. The molecule has 0 radical (unpaired) electrons. The number of anilines is 1. The highest BCUT2D eigenvalue weighted by molar-refractivity contribution is 7.92. The second-order valence-corrected chi connectivity index (χ2v) is 9.23. The van der Waals surface area contributed by atoms with Gasteiger partial charge in [0.2, 0.25) is 10.0 Å². The molecule has 0 saturated carbocycles. The van der Waals surface area contributed by atoms with Gasteiger partial charge >= 0.3 is 12.3 Å². The number of nitrogens with zero attached hydrogens (tertiary/aromatic N) is 2. The van der Waals surface area contributed by atoms with Crippen LogP contribution in [0.15, 0.2) is 66.7 Å². The smallest absolute Gasteiger partial charge is 0.465 e. The molecule has 35 heavy (non-hydrogen) atoms. The van der Waals surface area contributed by atoms with E-state index in [0.717, 1.165) is 6.26 Å². The molecule has 4 rings (SSSR count). The first kappa shape index (κ1) is 24.1. The van der Waals surface area contributed by atoms with Crippen molar-refractivity contribution in [3.63, 3.8) is 0 Å². The minimum absolute atomic E-state index is 0.282. The summed E-state index contributed by atoms with van der Waals surface area (Å²) in [4.78, 5) is 12.1. The largest absolute Gasteiger partial charge is 0.573 e. The van der Waals surface area contributed by atoms with Gasteiger partial charge in [-0.3, -0.25) is 4.72 Å². The first-order chi connectivity index (χ1) is 16.4. The van der Waals surface area contributed by atoms with Crippen molar-refractivity contribution in [3.8, 4) is 22.7 Å². The van der Waals surface area contributed by atoms with Crippen LogP contribution in [0.25, 0.3) is 27.8 Å². The summed E-state index contributed by atoms with van der Waals surface area (Å²) in [6.07, 6.45) is -3.77. The number of ether oxygens (including phenoxy) is 2. The van der Waals surface area contributed by atoms with Crippen LogP contribution in [0.1, 0.15) is 10.4 Å². The van der Waals surface area contributed by atoms with Crippen molar-refractivity contribution in [2.45, 2.75) is 6.36 Å². The highest BCUT2D eigenvalue weighted by atomic mass is 32.2. The Kier molecular flexibility index (Phi) is 6.15. The van der Waals surface area contributed by atoms with Crippen LogP contribution in [0.5, 0.6) is 5.75 Å². The van der Waals surface area contributed by atoms with E-state index in [2.05, 4.69) is 14.6 Å². The third-order valence-corrected chi connectivity index (χ3v) is 5.48. The number of hydrogen-bond donors (Lipinski definition) is 1. The monoisotopic (exact) mass is 505 g/mol. The maximum absolute atomic E-state index is 12.5. The van der Waals surface area contributed by atoms with E-state index in [1.54, 1.807) is 42.5 Å². The number of benzene rings is 3. The van der Waals surface area contributed by atoms with Crippen molar-refractivity contribution in [1.82, 2.24) is 9.78 Å². The summed E-state index contributed by atoms with van der Waals surface area (Å²) < 4.78 is 73.1. The zero-order chi connectivity index (χ0) is 25.4. The van der Waals surface area contributed by atoms with E-state index < -0.39 is 22.4 Å². The van der Waals surface area contributed by atoms with E-state index in [1.807, 2.05) is 0 Å². The maximum Gasteiger partial charge on any atom is 0.573 e. The minimum Gasteiger partial charge on any atom is -0.465 e. The second-order valence-electron chi connectivity index (χ2n) is 7.48. The molecule has 1 N–H and O–H groups in total. The lowest BCUT2D eigenvalue weighted by Crippen LogP contribution is -2.17. The van der Waals surface area contributed by atoms with Gasteiger partial charge in [-0.1, -0.05) is 12.1 Å². The number of rotatable bonds is 6. The Hall–Kier alpha value is -4.06. The number of nitrogens with one attached hydrogen (secondary N) is 1. The van der Waals surface area contributed by atoms with Crippen molar-refractivity contribution in [1.29, 1.82) is 0 Å². The van der Waals surface area contributed by atoms with E-state index in [1.165, 1.54) is 36.1 Å². The normalized spacial score (nSPS) is 11.9. The molecule has 0 aliphatic heterocycles. The number of esters is 1. The molecule has 8 nitrogen and oxygen atoms in total. The summed E-state index contributed by atoms with van der Waals surface area (Å²) in [6, 6.07) is 16.4. The molecule has 0 bridgehead atoms. The van der Waals surface area contributed by atoms with Gasteiger partial charge in [-0.25, -0.2) is 17.9 Å². The summed E-state index contributed by atoms with van der Waals surface area (Å²) in [7, 11) is -2.20. The number of fused-ring (bicyclic) bond motifs is 1. The van der Waals surface area contributed by atoms with Gasteiger partial charge in [0.15, 0.2) is 0 Å². The molecule has 1 heterocycles. The maximum atomic E-state index is 12.5. The fraction of sp³-hybridized carbons (Fsp3) is 0.130. The van der Waals surface area contributed by atoms with Gasteiger partial charge < -0.3 is 9.47 Å². The van der Waals surface area contributed by atoms with Crippen molar-refractivity contribution >= 4 is 32.6 Å². The Balaban J connectivity index is 1.82. The zero-order valence-electron chi connectivity index (χ0n) is 18.3. The molecule has 0 fully saturated rings. The average Bonchev–Trinajstić information content (AvgIpc) is 3.16. The van der Waals surface area contributed by atoms with Crippen LogP contribution >= 0.6 is 0 Å². The predicted octanol–water partition coefficient (Wildman–Crippen LogP) is 4.75. The molecule has 0 atom stereocenters. The lowest BCUT2D eigenvalue weighted by Gasteiger charge is -2.09. The standard InChI is InChI=1S/C23H18F3N3O5S/c1-33-22(30)15-5-12-20-19(13-15)21(14-3-6-16(7-4-14)28-35(2,31)32)27-29(20)17-8-10-18(11-9-17)34-23(24,25)26/h3-13,28H,1-2H3. The van der Waals surface area contributed by atoms with Crippen molar-refractivity contribution in [2.75, 3.05) is 18.1 Å². The van der Waals surface area contributed by atoms with Gasteiger partial charge in [0, 0.05) is 16.6 Å². The number of methoxy groups -OCH3 is 1. The van der Waals surface area contributed by atoms with E-state index in [9.17, 15) is 26.4 Å². The van der Waals surface area contributed by atoms with Gasteiger partial charge in [-0.05, 0) is 54.6 Å². The lowest BCUT2D eigenvalue weighted by molar-refractivity contribution is -0.274. The molecule has 3 aromatic carbocycles. The van der Waals surface area contributed by atoms with Crippen molar-refractivity contribution < 1.29 is 35.9 Å². The van der Waals surface area contributed by atoms with E-state index in [0.29, 0.717) is 33.5 Å². The average molecular weight is 505 g/mol. The van der Waals surface area contributed by atoms with E-state index in [-0.39, 0.29) is 11.3 Å². The summed E-state index contributed by atoms with van der Waals surface area (Å²) in [6.45, 7) is 0. The number of aromatic nitrogens is 2. The van der Waals surface area contributed by atoms with Gasteiger partial charge in [-0.15, -0.1) is 13.2 Å². The van der Waals surface area contributed by atoms with Gasteiger partial charge in [0.05, 0.1) is 30.1 Å². The van der Waals surface area contributed by atoms with Gasteiger partial charge in [-0.2, -0.15) is 5.10 Å². The van der Waals surface area contributed by atoms with Crippen molar-refractivity contribution in [3.05, 3.63) is 72.3 Å². The first-order valence-electron chi connectivity index (χ1n) is 9.99. The molecule has 0 spiro atoms. The number of halogens is 3. The van der Waals surface area contributed by atoms with Crippen LogP contribution < -0.4 is 9.46 Å². The van der Waals surface area contributed by atoms with Crippen LogP contribution in [0, 0.1) is 0 Å². The van der Waals surface area contributed by atoms with Gasteiger partial charge in [0.1, 0.15) is 11.4 Å². The second kappa shape index (κ2) is 8.95. The minimum atomic E-state index is -4.81. The molecule has 0 aliphatic carbocycles. The van der Waals surface area contributed by atoms with Crippen LogP contribution in [0.4, 0.5) is 18.9 Å². The van der Waals surface area contributed by atoms with Crippen molar-refractivity contribution in [2.24, 2.45) is 0 Å². The number of sulfonamides is 1. The molecule has 182 valence electrons. The molecule has 0 saturated heterocycles. The summed E-state index contributed by atoms with van der Waals surface area (Å²) in [5.41, 5.74) is 2.76. The number of carbonyl (C=O) groups is 1. The SMILES string of the molecule is COC(=O)c1ccc2c(c1)c(-c1ccc(NS(C)(=O)=O)cc1)nn2-c1ccc(OC(F)(F)F)cc1. The summed E-state index contributed by atoms with van der Waals surface area (Å²) in [5.74, 6) is -0.924. The van der Waals surface area contributed by atoms with Crippen LogP contribution in [0.2, 0.25) is 0 Å². The molecular formula is C23H18F3N3O5S. The Morgan fingerprint density at radius 1 is 1.00 bits per heavy atom. The molecular weight excluding hydrogens is 487 g/mol. The molecule has 1 aromatic heterocycles. The molecule has 0 unspecified atom stereocenters. The van der Waals surface area contributed by atoms with Gasteiger partial charge in [0.25, 0.3) is 0 Å². The quantitative estimate of drug-likeness (QED) is 0.380. The number of alkyl halides is 3. The Morgan fingerprint density at radius 2 is 1.66 bits per heavy atom. The van der Waals surface area contributed by atoms with Crippen LogP contribution in [-0.2, 0) is 14.8 Å². The predicted molar refractivity (Wildman–Crippen MR) is 123 cm³/mol. The molecule has 4 aromatic rings. The van der Waals surface area contributed by atoms with Crippen LogP contribution in [0.3, 0.4) is 0 Å². The molecule has 0 amide bonds. The summed E-state index contributed by atoms with van der Waals surface area (Å²) >= 11 is 0. The summed E-state index contributed by atoms with van der Waals surface area (Å²) in [5, 5.41) is 5.20. The van der Waals surface area contributed by atoms with E-state index >= 15 is 0 Å². The Morgan fingerprint density at radius 3 is 2.23 bits per heavy atom. The van der Waals surface area contributed by atoms with E-state index in [4.69, 9.17) is 4.74 Å². The fourth-order valence-electron chi connectivity index (χ4n) is 3.47. The highest BCUT2D eigenvalue weighted by Gasteiger charge is 2.31. The third-order valence-electron chi connectivity index (χ3n) is 4.88. The third kappa shape index (κ3) is 5.54. The Bertz CT molecular complexity index is 1500. The topological polar surface area (TPSA) is 99.5 Å². The van der Waals surface area contributed by atoms with Crippen LogP contribution in [-0.4, -0.2) is 43.9 Å². The Labute approximate surface area is 197 Å². The first-order valence-corrected chi connectivity index (χ1v) is 11.9. The fourth-order valence-corrected chi connectivity index (χ4v) is 4.04. The molecule has 0 aliphatic rings. The number of carbonyl (C=O) groups excluding carboxylic acids is 1. The molecule has 12 heteroatoms. The number of hydrogen-bond acceptors (Lipinski definition) is 6.